The molecule has 2 N–H and O–H groups in total. The molecule has 0 aliphatic carbocycles. The number of ether oxygens (including phenoxy) is 1. The van der Waals surface area contributed by atoms with Crippen molar-refractivity contribution < 1.29 is 14.6 Å². The summed E-state index contributed by atoms with van der Waals surface area (Å²) in [4.78, 5) is 14.5. The van der Waals surface area contributed by atoms with Crippen molar-refractivity contribution in [3.8, 4) is 5.75 Å². The van der Waals surface area contributed by atoms with Gasteiger partial charge in [-0.2, -0.15) is 0 Å². The Kier molecular flexibility index (Phi) is 5.82. The molecular formula is C22H28N2O3. The monoisotopic (exact) mass is 368 g/mol. The molecule has 0 spiro atoms. The minimum absolute atomic E-state index is 0.0642. The lowest BCUT2D eigenvalue weighted by Gasteiger charge is -2.42. The van der Waals surface area contributed by atoms with E-state index in [0.29, 0.717) is 19.5 Å². The third-order valence-electron chi connectivity index (χ3n) is 5.08. The molecule has 2 aromatic rings. The topological polar surface area (TPSA) is 61.8 Å². The van der Waals surface area contributed by atoms with Gasteiger partial charge in [0.1, 0.15) is 17.5 Å². The van der Waals surface area contributed by atoms with Crippen LogP contribution in [0, 0.1) is 13.8 Å². The van der Waals surface area contributed by atoms with E-state index in [1.165, 1.54) is 0 Å². The Balaban J connectivity index is 1.58. The Morgan fingerprint density at radius 1 is 1.19 bits per heavy atom. The molecule has 5 heteroatoms. The Bertz CT molecular complexity index is 769. The van der Waals surface area contributed by atoms with Gasteiger partial charge < -0.3 is 15.2 Å². The molecule has 1 aliphatic rings. The Labute approximate surface area is 161 Å². The average Bonchev–Trinajstić information content (AvgIpc) is 2.61. The SMILES string of the molecule is Cc1cccc(C)c1NC(=O)CN1CC[C@H](Oc2ccccc2)[C@@](C)(O)C1. The molecular weight excluding hydrogens is 340 g/mol. The number of hydrogen-bond acceptors (Lipinski definition) is 4. The predicted octanol–water partition coefficient (Wildman–Crippen LogP) is 3.15. The molecule has 0 radical (unpaired) electrons. The Morgan fingerprint density at radius 2 is 1.85 bits per heavy atom. The van der Waals surface area contributed by atoms with Crippen LogP contribution in [0.15, 0.2) is 48.5 Å². The number of β-amino-alcohol motifs (C(OH)–C–C–N with tert-alkyl or cyclic N) is 1. The van der Waals surface area contributed by atoms with E-state index in [2.05, 4.69) is 5.32 Å². The summed E-state index contributed by atoms with van der Waals surface area (Å²) in [6, 6.07) is 15.5. The van der Waals surface area contributed by atoms with Gasteiger partial charge in [-0.3, -0.25) is 9.69 Å². The van der Waals surface area contributed by atoms with Crippen molar-refractivity contribution in [2.45, 2.75) is 38.9 Å². The van der Waals surface area contributed by atoms with E-state index in [0.717, 1.165) is 22.6 Å². The molecule has 1 amide bonds. The highest BCUT2D eigenvalue weighted by atomic mass is 16.5. The van der Waals surface area contributed by atoms with Crippen LogP contribution in [0.2, 0.25) is 0 Å². The highest BCUT2D eigenvalue weighted by Crippen LogP contribution is 2.26. The molecule has 2 aromatic carbocycles. The number of rotatable bonds is 5. The first-order valence-corrected chi connectivity index (χ1v) is 9.37. The quantitative estimate of drug-likeness (QED) is 0.851. The highest BCUT2D eigenvalue weighted by Gasteiger charge is 2.40. The molecule has 27 heavy (non-hydrogen) atoms. The normalized spacial score (nSPS) is 23.0. The zero-order valence-corrected chi connectivity index (χ0v) is 16.2. The molecule has 0 aromatic heterocycles. The summed E-state index contributed by atoms with van der Waals surface area (Å²) in [6.07, 6.45) is 0.372. The summed E-state index contributed by atoms with van der Waals surface area (Å²) in [6.45, 7) is 7.09. The number of aliphatic hydroxyl groups is 1. The van der Waals surface area contributed by atoms with Gasteiger partial charge in [-0.15, -0.1) is 0 Å². The van der Waals surface area contributed by atoms with Crippen LogP contribution in [-0.4, -0.2) is 47.3 Å². The van der Waals surface area contributed by atoms with E-state index >= 15 is 0 Å². The molecule has 144 valence electrons. The van der Waals surface area contributed by atoms with Crippen LogP contribution >= 0.6 is 0 Å². The molecule has 0 bridgehead atoms. The minimum Gasteiger partial charge on any atom is -0.487 e. The third kappa shape index (κ3) is 4.87. The molecule has 1 aliphatic heterocycles. The first-order chi connectivity index (χ1) is 12.8. The van der Waals surface area contributed by atoms with Crippen molar-refractivity contribution in [3.63, 3.8) is 0 Å². The number of piperidine rings is 1. The van der Waals surface area contributed by atoms with Crippen LogP contribution < -0.4 is 10.1 Å². The lowest BCUT2D eigenvalue weighted by atomic mass is 9.91. The zero-order chi connectivity index (χ0) is 19.4. The smallest absolute Gasteiger partial charge is 0.238 e. The van der Waals surface area contributed by atoms with Gasteiger partial charge in [0.25, 0.3) is 0 Å². The van der Waals surface area contributed by atoms with Gasteiger partial charge in [-0.05, 0) is 50.5 Å². The number of anilines is 1. The van der Waals surface area contributed by atoms with E-state index in [9.17, 15) is 9.90 Å². The molecule has 0 unspecified atom stereocenters. The summed E-state index contributed by atoms with van der Waals surface area (Å²) in [5, 5.41) is 13.9. The highest BCUT2D eigenvalue weighted by molar-refractivity contribution is 5.93. The van der Waals surface area contributed by atoms with Crippen molar-refractivity contribution >= 4 is 11.6 Å². The number of nitrogens with one attached hydrogen (secondary N) is 1. The van der Waals surface area contributed by atoms with Gasteiger partial charge in [0.15, 0.2) is 0 Å². The molecule has 1 saturated heterocycles. The maximum absolute atomic E-state index is 12.5. The van der Waals surface area contributed by atoms with Crippen LogP contribution in [0.5, 0.6) is 5.75 Å². The maximum atomic E-state index is 12.5. The first kappa shape index (κ1) is 19.4. The average molecular weight is 368 g/mol. The minimum atomic E-state index is -1.02. The van der Waals surface area contributed by atoms with Gasteiger partial charge in [-0.1, -0.05) is 36.4 Å². The van der Waals surface area contributed by atoms with Gasteiger partial charge >= 0.3 is 0 Å². The second-order valence-corrected chi connectivity index (χ2v) is 7.59. The number of carbonyl (C=O) groups is 1. The van der Waals surface area contributed by atoms with Crippen molar-refractivity contribution in [3.05, 3.63) is 59.7 Å². The lowest BCUT2D eigenvalue weighted by Crippen LogP contribution is -2.58. The van der Waals surface area contributed by atoms with E-state index < -0.39 is 5.60 Å². The van der Waals surface area contributed by atoms with Crippen LogP contribution in [0.4, 0.5) is 5.69 Å². The second kappa shape index (κ2) is 8.11. The number of aryl methyl sites for hydroxylation is 2. The second-order valence-electron chi connectivity index (χ2n) is 7.59. The summed E-state index contributed by atoms with van der Waals surface area (Å²) < 4.78 is 5.97. The molecule has 5 nitrogen and oxygen atoms in total. The van der Waals surface area contributed by atoms with E-state index in [1.807, 2.05) is 67.3 Å². The number of para-hydroxylation sites is 2. The van der Waals surface area contributed by atoms with Crippen LogP contribution in [0.1, 0.15) is 24.5 Å². The van der Waals surface area contributed by atoms with E-state index in [-0.39, 0.29) is 18.6 Å². The molecule has 0 saturated carbocycles. The standard InChI is InChI=1S/C22H28N2O3/c1-16-8-7-9-17(2)21(16)23-20(25)14-24-13-12-19(22(3,26)15-24)27-18-10-5-4-6-11-18/h4-11,19,26H,12-15H2,1-3H3,(H,23,25)/t19-,22-/m0/s1. The van der Waals surface area contributed by atoms with Crippen LogP contribution in [-0.2, 0) is 4.79 Å². The van der Waals surface area contributed by atoms with Gasteiger partial charge in [-0.25, -0.2) is 0 Å². The summed E-state index contributed by atoms with van der Waals surface area (Å²) in [5.74, 6) is 0.689. The summed E-state index contributed by atoms with van der Waals surface area (Å²) in [7, 11) is 0. The first-order valence-electron chi connectivity index (χ1n) is 9.37. The van der Waals surface area contributed by atoms with Crippen molar-refractivity contribution in [2.75, 3.05) is 25.0 Å². The van der Waals surface area contributed by atoms with Crippen molar-refractivity contribution in [2.24, 2.45) is 0 Å². The Hall–Kier alpha value is -2.37. The van der Waals surface area contributed by atoms with Gasteiger partial charge in [0, 0.05) is 18.8 Å². The van der Waals surface area contributed by atoms with Crippen LogP contribution in [0.3, 0.4) is 0 Å². The number of benzene rings is 2. The molecule has 1 heterocycles. The Morgan fingerprint density at radius 3 is 2.48 bits per heavy atom. The molecule has 2 atom stereocenters. The zero-order valence-electron chi connectivity index (χ0n) is 16.2. The molecule has 3 rings (SSSR count). The fraction of sp³-hybridized carbons (Fsp3) is 0.409. The number of carbonyl (C=O) groups excluding carboxylic acids is 1. The largest absolute Gasteiger partial charge is 0.487 e. The van der Waals surface area contributed by atoms with Crippen LogP contribution in [0.25, 0.3) is 0 Å². The number of likely N-dealkylation sites (tertiary alicyclic amines) is 1. The third-order valence-corrected chi connectivity index (χ3v) is 5.08. The van der Waals surface area contributed by atoms with Crippen molar-refractivity contribution in [1.82, 2.24) is 4.90 Å². The van der Waals surface area contributed by atoms with Crippen molar-refractivity contribution in [1.29, 1.82) is 0 Å². The predicted molar refractivity (Wildman–Crippen MR) is 107 cm³/mol. The molecule has 1 fully saturated rings. The maximum Gasteiger partial charge on any atom is 0.238 e. The van der Waals surface area contributed by atoms with Gasteiger partial charge in [0.2, 0.25) is 5.91 Å². The fourth-order valence-electron chi connectivity index (χ4n) is 3.62. The number of nitrogens with zero attached hydrogens (tertiary/aromatic N) is 1. The fourth-order valence-corrected chi connectivity index (χ4v) is 3.62. The van der Waals surface area contributed by atoms with E-state index in [1.54, 1.807) is 6.92 Å². The number of amides is 1. The number of hydrogen-bond donors (Lipinski definition) is 2. The lowest BCUT2D eigenvalue weighted by molar-refractivity contribution is -0.123. The summed E-state index contributed by atoms with van der Waals surface area (Å²) >= 11 is 0. The van der Waals surface area contributed by atoms with E-state index in [4.69, 9.17) is 4.74 Å². The summed E-state index contributed by atoms with van der Waals surface area (Å²) in [5.41, 5.74) is 1.94. The van der Waals surface area contributed by atoms with Gasteiger partial charge in [0.05, 0.1) is 6.54 Å².